The second-order valence-corrected chi connectivity index (χ2v) is 3.57. The Morgan fingerprint density at radius 3 is 3.06 bits per heavy atom. The molecule has 1 aromatic carbocycles. The lowest BCUT2D eigenvalue weighted by Gasteiger charge is -2.22. The van der Waals surface area contributed by atoms with Crippen LogP contribution >= 0.6 is 0 Å². The minimum absolute atomic E-state index is 0.0516. The summed E-state index contributed by atoms with van der Waals surface area (Å²) < 4.78 is 10.5. The number of ether oxygens (including phenoxy) is 2. The van der Waals surface area contributed by atoms with Gasteiger partial charge in [0.25, 0.3) is 0 Å². The zero-order chi connectivity index (χ0) is 11.5. The van der Waals surface area contributed by atoms with Crippen molar-refractivity contribution in [3.63, 3.8) is 0 Å². The Morgan fingerprint density at radius 1 is 1.56 bits per heavy atom. The number of benzene rings is 1. The van der Waals surface area contributed by atoms with Crippen molar-refractivity contribution in [1.82, 2.24) is 0 Å². The summed E-state index contributed by atoms with van der Waals surface area (Å²) in [4.78, 5) is 11.0. The summed E-state index contributed by atoms with van der Waals surface area (Å²) in [6, 6.07) is 5.38. The number of carboxylic acid groups (broad SMARTS) is 1. The Hall–Kier alpha value is -1.59. The van der Waals surface area contributed by atoms with E-state index < -0.39 is 11.9 Å². The van der Waals surface area contributed by atoms with Crippen LogP contribution in [0.4, 0.5) is 0 Å². The standard InChI is InChI=1S/C11H13NO4/c12-4-9(11(13)14)8-3-1-2-7-5-15-6-16-10(7)8/h1-3,9H,4-6,12H2,(H,13,14). The van der Waals surface area contributed by atoms with Gasteiger partial charge in [-0.3, -0.25) is 4.79 Å². The van der Waals surface area contributed by atoms with E-state index in [1.807, 2.05) is 6.07 Å². The predicted molar refractivity (Wildman–Crippen MR) is 56.2 cm³/mol. The smallest absolute Gasteiger partial charge is 0.312 e. The van der Waals surface area contributed by atoms with Crippen LogP contribution in [-0.4, -0.2) is 24.4 Å². The molecule has 0 bridgehead atoms. The molecule has 3 N–H and O–H groups in total. The minimum atomic E-state index is -0.939. The Bertz CT molecular complexity index is 405. The quantitative estimate of drug-likeness (QED) is 0.787. The number of aliphatic carboxylic acids is 1. The van der Waals surface area contributed by atoms with Gasteiger partial charge in [0.05, 0.1) is 12.5 Å². The lowest BCUT2D eigenvalue weighted by atomic mass is 9.96. The molecule has 1 aliphatic rings. The van der Waals surface area contributed by atoms with E-state index in [-0.39, 0.29) is 13.3 Å². The number of hydrogen-bond donors (Lipinski definition) is 2. The van der Waals surface area contributed by atoms with E-state index in [1.165, 1.54) is 0 Å². The molecule has 5 heteroatoms. The Balaban J connectivity index is 2.43. The van der Waals surface area contributed by atoms with Crippen molar-refractivity contribution in [3.05, 3.63) is 29.3 Å². The van der Waals surface area contributed by atoms with Crippen molar-refractivity contribution >= 4 is 5.97 Å². The van der Waals surface area contributed by atoms with E-state index in [1.54, 1.807) is 12.1 Å². The van der Waals surface area contributed by atoms with Crippen molar-refractivity contribution in [1.29, 1.82) is 0 Å². The molecule has 86 valence electrons. The monoisotopic (exact) mass is 223 g/mol. The highest BCUT2D eigenvalue weighted by Crippen LogP contribution is 2.32. The molecular weight excluding hydrogens is 210 g/mol. The van der Waals surface area contributed by atoms with Gasteiger partial charge >= 0.3 is 5.97 Å². The van der Waals surface area contributed by atoms with Crippen molar-refractivity contribution in [2.45, 2.75) is 12.5 Å². The maximum absolute atomic E-state index is 11.0. The highest BCUT2D eigenvalue weighted by molar-refractivity contribution is 5.77. The van der Waals surface area contributed by atoms with Gasteiger partial charge in [0, 0.05) is 17.7 Å². The first-order chi connectivity index (χ1) is 7.74. The van der Waals surface area contributed by atoms with E-state index in [0.717, 1.165) is 5.56 Å². The summed E-state index contributed by atoms with van der Waals surface area (Å²) in [6.45, 7) is 0.650. The van der Waals surface area contributed by atoms with Gasteiger partial charge in [-0.25, -0.2) is 0 Å². The Morgan fingerprint density at radius 2 is 2.38 bits per heavy atom. The van der Waals surface area contributed by atoms with Crippen LogP contribution in [0, 0.1) is 0 Å². The molecule has 1 aliphatic heterocycles. The number of carboxylic acids is 1. The SMILES string of the molecule is NCC(C(=O)O)c1cccc2c1OCOC2. The highest BCUT2D eigenvalue weighted by atomic mass is 16.7. The maximum atomic E-state index is 11.0. The van der Waals surface area contributed by atoms with Gasteiger partial charge in [-0.1, -0.05) is 18.2 Å². The Kier molecular flexibility index (Phi) is 3.07. The topological polar surface area (TPSA) is 81.8 Å². The number of carbonyl (C=O) groups is 1. The number of nitrogens with two attached hydrogens (primary N) is 1. The third-order valence-corrected chi connectivity index (χ3v) is 2.58. The first kappa shape index (κ1) is 10.9. The fourth-order valence-corrected chi connectivity index (χ4v) is 1.78. The lowest BCUT2D eigenvalue weighted by molar-refractivity contribution is -0.138. The molecular formula is C11H13NO4. The van der Waals surface area contributed by atoms with Crippen LogP contribution in [0.3, 0.4) is 0 Å². The summed E-state index contributed by atoms with van der Waals surface area (Å²) in [5, 5.41) is 9.06. The van der Waals surface area contributed by atoms with Gasteiger partial charge in [-0.05, 0) is 0 Å². The fraction of sp³-hybridized carbons (Fsp3) is 0.364. The molecule has 0 radical (unpaired) electrons. The summed E-state index contributed by atoms with van der Waals surface area (Å²) in [5.74, 6) is -1.06. The van der Waals surface area contributed by atoms with Crippen LogP contribution in [0.5, 0.6) is 5.75 Å². The van der Waals surface area contributed by atoms with Crippen molar-refractivity contribution in [2.75, 3.05) is 13.3 Å². The van der Waals surface area contributed by atoms with Crippen LogP contribution in [0.15, 0.2) is 18.2 Å². The van der Waals surface area contributed by atoms with E-state index in [2.05, 4.69) is 0 Å². The molecule has 2 rings (SSSR count). The average molecular weight is 223 g/mol. The molecule has 0 amide bonds. The molecule has 1 unspecified atom stereocenters. The molecule has 1 heterocycles. The first-order valence-electron chi connectivity index (χ1n) is 4.99. The molecule has 5 nitrogen and oxygen atoms in total. The van der Waals surface area contributed by atoms with E-state index >= 15 is 0 Å². The minimum Gasteiger partial charge on any atom is -0.481 e. The maximum Gasteiger partial charge on any atom is 0.312 e. The summed E-state index contributed by atoms with van der Waals surface area (Å²) >= 11 is 0. The van der Waals surface area contributed by atoms with Gasteiger partial charge in [0.2, 0.25) is 0 Å². The number of hydrogen-bond acceptors (Lipinski definition) is 4. The lowest BCUT2D eigenvalue weighted by Crippen LogP contribution is -2.23. The van der Waals surface area contributed by atoms with Gasteiger partial charge in [0.15, 0.2) is 6.79 Å². The molecule has 0 spiro atoms. The third kappa shape index (κ3) is 1.87. The summed E-state index contributed by atoms with van der Waals surface area (Å²) in [6.07, 6.45) is 0. The van der Waals surface area contributed by atoms with Gasteiger partial charge in [0.1, 0.15) is 5.75 Å². The molecule has 0 aromatic heterocycles. The predicted octanol–water partition coefficient (Wildman–Crippen LogP) is 0.680. The second-order valence-electron chi connectivity index (χ2n) is 3.57. The van der Waals surface area contributed by atoms with Gasteiger partial charge in [-0.15, -0.1) is 0 Å². The van der Waals surface area contributed by atoms with Crippen molar-refractivity contribution in [2.24, 2.45) is 5.73 Å². The molecule has 1 atom stereocenters. The van der Waals surface area contributed by atoms with Gasteiger partial charge < -0.3 is 20.3 Å². The first-order valence-corrected chi connectivity index (χ1v) is 4.99. The molecule has 0 aliphatic carbocycles. The molecule has 0 saturated carbocycles. The van der Waals surface area contributed by atoms with E-state index in [4.69, 9.17) is 20.3 Å². The van der Waals surface area contributed by atoms with Crippen molar-refractivity contribution < 1.29 is 19.4 Å². The fourth-order valence-electron chi connectivity index (χ4n) is 1.78. The zero-order valence-electron chi connectivity index (χ0n) is 8.68. The zero-order valence-corrected chi connectivity index (χ0v) is 8.68. The molecule has 0 fully saturated rings. The van der Waals surface area contributed by atoms with Gasteiger partial charge in [-0.2, -0.15) is 0 Å². The van der Waals surface area contributed by atoms with Crippen LogP contribution < -0.4 is 10.5 Å². The van der Waals surface area contributed by atoms with Crippen molar-refractivity contribution in [3.8, 4) is 5.75 Å². The normalized spacial score (nSPS) is 16.1. The number of fused-ring (bicyclic) bond motifs is 1. The number of para-hydroxylation sites is 1. The summed E-state index contributed by atoms with van der Waals surface area (Å²) in [5.41, 5.74) is 6.96. The van der Waals surface area contributed by atoms with E-state index in [9.17, 15) is 4.79 Å². The summed E-state index contributed by atoms with van der Waals surface area (Å²) in [7, 11) is 0. The number of rotatable bonds is 3. The molecule has 16 heavy (non-hydrogen) atoms. The van der Waals surface area contributed by atoms with E-state index in [0.29, 0.717) is 17.9 Å². The van der Waals surface area contributed by atoms with Crippen LogP contribution in [0.25, 0.3) is 0 Å². The highest BCUT2D eigenvalue weighted by Gasteiger charge is 2.25. The largest absolute Gasteiger partial charge is 0.481 e. The average Bonchev–Trinajstić information content (AvgIpc) is 2.30. The molecule has 1 aromatic rings. The second kappa shape index (κ2) is 4.51. The van der Waals surface area contributed by atoms with Crippen LogP contribution in [-0.2, 0) is 16.1 Å². The van der Waals surface area contributed by atoms with Crippen LogP contribution in [0.1, 0.15) is 17.0 Å². The Labute approximate surface area is 92.8 Å². The third-order valence-electron chi connectivity index (χ3n) is 2.58. The molecule has 0 saturated heterocycles. The van der Waals surface area contributed by atoms with Crippen LogP contribution in [0.2, 0.25) is 0 Å².